The van der Waals surface area contributed by atoms with Gasteiger partial charge in [-0.2, -0.15) is 5.10 Å². The molecule has 0 bridgehead atoms. The minimum Gasteiger partial charge on any atom is -0.497 e. The van der Waals surface area contributed by atoms with Gasteiger partial charge in [0.05, 0.1) is 12.8 Å². The number of aryl methyl sites for hydroxylation is 1. The number of rotatable bonds is 6. The predicted octanol–water partition coefficient (Wildman–Crippen LogP) is 2.92. The number of amides is 1. The third kappa shape index (κ3) is 5.14. The maximum atomic E-state index is 11.8. The van der Waals surface area contributed by atoms with Crippen LogP contribution in [0.1, 0.15) is 18.1 Å². The number of nitrogens with one attached hydrogen (secondary N) is 1. The lowest BCUT2D eigenvalue weighted by molar-refractivity contribution is -0.123. The zero-order valence-electron chi connectivity index (χ0n) is 13.5. The van der Waals surface area contributed by atoms with Crippen LogP contribution in [0.3, 0.4) is 0 Å². The zero-order valence-corrected chi connectivity index (χ0v) is 13.5. The highest BCUT2D eigenvalue weighted by molar-refractivity contribution is 5.99. The first-order chi connectivity index (χ1) is 11.1. The van der Waals surface area contributed by atoms with E-state index < -0.39 is 0 Å². The van der Waals surface area contributed by atoms with Gasteiger partial charge in [-0.1, -0.05) is 24.3 Å². The van der Waals surface area contributed by atoms with Crippen LogP contribution in [-0.4, -0.2) is 25.3 Å². The van der Waals surface area contributed by atoms with E-state index in [1.807, 2.05) is 62.4 Å². The number of benzene rings is 2. The van der Waals surface area contributed by atoms with Gasteiger partial charge in [0, 0.05) is 5.56 Å². The first kappa shape index (κ1) is 16.5. The summed E-state index contributed by atoms with van der Waals surface area (Å²) in [6, 6.07) is 15.0. The molecule has 0 fully saturated rings. The molecule has 0 aliphatic rings. The number of hydrogen-bond donors (Lipinski definition) is 1. The van der Waals surface area contributed by atoms with Gasteiger partial charge in [0.1, 0.15) is 11.5 Å². The lowest BCUT2D eigenvalue weighted by Gasteiger charge is -2.07. The summed E-state index contributed by atoms with van der Waals surface area (Å²) in [5.74, 6) is 1.09. The Balaban J connectivity index is 1.89. The van der Waals surface area contributed by atoms with Gasteiger partial charge >= 0.3 is 0 Å². The zero-order chi connectivity index (χ0) is 16.7. The molecule has 0 spiro atoms. The average Bonchev–Trinajstić information content (AvgIpc) is 2.58. The van der Waals surface area contributed by atoms with Crippen LogP contribution in [0, 0.1) is 6.92 Å². The number of hydrazone groups is 1. The molecule has 0 aromatic heterocycles. The molecule has 5 nitrogen and oxygen atoms in total. The van der Waals surface area contributed by atoms with Gasteiger partial charge in [-0.05, 0) is 43.7 Å². The summed E-state index contributed by atoms with van der Waals surface area (Å²) < 4.78 is 10.6. The second kappa shape index (κ2) is 7.98. The second-order valence-corrected chi connectivity index (χ2v) is 5.07. The monoisotopic (exact) mass is 312 g/mol. The Morgan fingerprint density at radius 3 is 2.61 bits per heavy atom. The number of carbonyl (C=O) groups is 1. The number of nitrogens with zero attached hydrogens (tertiary/aromatic N) is 1. The van der Waals surface area contributed by atoms with Gasteiger partial charge in [-0.15, -0.1) is 0 Å². The van der Waals surface area contributed by atoms with E-state index in [-0.39, 0.29) is 12.5 Å². The van der Waals surface area contributed by atoms with Crippen molar-refractivity contribution in [2.24, 2.45) is 5.10 Å². The molecule has 0 saturated carbocycles. The minimum absolute atomic E-state index is 0.0850. The molecule has 0 aliphatic carbocycles. The summed E-state index contributed by atoms with van der Waals surface area (Å²) in [6.07, 6.45) is 0. The van der Waals surface area contributed by atoms with Crippen molar-refractivity contribution >= 4 is 11.6 Å². The van der Waals surface area contributed by atoms with Crippen LogP contribution < -0.4 is 14.9 Å². The van der Waals surface area contributed by atoms with Crippen LogP contribution in [-0.2, 0) is 4.79 Å². The molecular formula is C18H20N2O3. The van der Waals surface area contributed by atoms with E-state index in [4.69, 9.17) is 9.47 Å². The van der Waals surface area contributed by atoms with Crippen molar-refractivity contribution in [3.63, 3.8) is 0 Å². The molecule has 0 aliphatic heterocycles. The molecule has 1 amide bonds. The smallest absolute Gasteiger partial charge is 0.277 e. The summed E-state index contributed by atoms with van der Waals surface area (Å²) in [7, 11) is 1.61. The van der Waals surface area contributed by atoms with Crippen molar-refractivity contribution in [1.29, 1.82) is 0 Å². The highest BCUT2D eigenvalue weighted by atomic mass is 16.5. The number of ether oxygens (including phenoxy) is 2. The molecule has 2 aromatic rings. The molecule has 0 unspecified atom stereocenters. The fraction of sp³-hybridized carbons (Fsp3) is 0.222. The SMILES string of the molecule is COc1cccc(/C(C)=N/NC(=O)COc2cccc(C)c2)c1. The van der Waals surface area contributed by atoms with E-state index in [9.17, 15) is 4.79 Å². The predicted molar refractivity (Wildman–Crippen MR) is 90.0 cm³/mol. The van der Waals surface area contributed by atoms with Crippen LogP contribution in [0.4, 0.5) is 0 Å². The molecule has 0 radical (unpaired) electrons. The van der Waals surface area contributed by atoms with Crippen molar-refractivity contribution in [1.82, 2.24) is 5.43 Å². The Kier molecular flexibility index (Phi) is 5.74. The van der Waals surface area contributed by atoms with Crippen LogP contribution >= 0.6 is 0 Å². The van der Waals surface area contributed by atoms with Crippen molar-refractivity contribution < 1.29 is 14.3 Å². The van der Waals surface area contributed by atoms with E-state index in [0.717, 1.165) is 16.9 Å². The maximum absolute atomic E-state index is 11.8. The van der Waals surface area contributed by atoms with Gasteiger partial charge in [0.2, 0.25) is 0 Å². The summed E-state index contributed by atoms with van der Waals surface area (Å²) in [4.78, 5) is 11.8. The third-order valence-electron chi connectivity index (χ3n) is 3.20. The number of carbonyl (C=O) groups excluding carboxylic acids is 1. The van der Waals surface area contributed by atoms with Gasteiger partial charge in [0.25, 0.3) is 5.91 Å². The molecule has 0 saturated heterocycles. The van der Waals surface area contributed by atoms with Gasteiger partial charge < -0.3 is 9.47 Å². The molecule has 2 rings (SSSR count). The second-order valence-electron chi connectivity index (χ2n) is 5.07. The van der Waals surface area contributed by atoms with Crippen LogP contribution in [0.25, 0.3) is 0 Å². The van der Waals surface area contributed by atoms with E-state index in [1.54, 1.807) is 7.11 Å². The maximum Gasteiger partial charge on any atom is 0.277 e. The third-order valence-corrected chi connectivity index (χ3v) is 3.20. The van der Waals surface area contributed by atoms with Crippen molar-refractivity contribution in [2.75, 3.05) is 13.7 Å². The molecule has 5 heteroatoms. The Morgan fingerprint density at radius 2 is 1.87 bits per heavy atom. The van der Waals surface area contributed by atoms with Gasteiger partial charge in [-0.25, -0.2) is 5.43 Å². The van der Waals surface area contributed by atoms with Crippen molar-refractivity contribution in [3.05, 3.63) is 59.7 Å². The highest BCUT2D eigenvalue weighted by Gasteiger charge is 2.04. The molecular weight excluding hydrogens is 292 g/mol. The summed E-state index contributed by atoms with van der Waals surface area (Å²) >= 11 is 0. The molecule has 0 heterocycles. The first-order valence-corrected chi connectivity index (χ1v) is 7.25. The number of methoxy groups -OCH3 is 1. The Labute approximate surface area is 135 Å². The van der Waals surface area contributed by atoms with E-state index >= 15 is 0 Å². The largest absolute Gasteiger partial charge is 0.497 e. The standard InChI is InChI=1S/C18H20N2O3/c1-13-6-4-9-17(10-13)23-12-18(21)20-19-14(2)15-7-5-8-16(11-15)22-3/h4-11H,12H2,1-3H3,(H,20,21)/b19-14+. The van der Waals surface area contributed by atoms with Crippen LogP contribution in [0.2, 0.25) is 0 Å². The molecule has 1 N–H and O–H groups in total. The van der Waals surface area contributed by atoms with Gasteiger partial charge in [0.15, 0.2) is 6.61 Å². The van der Waals surface area contributed by atoms with Crippen LogP contribution in [0.15, 0.2) is 53.6 Å². The summed E-state index contributed by atoms with van der Waals surface area (Å²) in [5.41, 5.74) is 5.13. The normalized spacial score (nSPS) is 11.0. The highest BCUT2D eigenvalue weighted by Crippen LogP contribution is 2.13. The fourth-order valence-electron chi connectivity index (χ4n) is 1.95. The molecule has 23 heavy (non-hydrogen) atoms. The Morgan fingerprint density at radius 1 is 1.13 bits per heavy atom. The first-order valence-electron chi connectivity index (χ1n) is 7.25. The summed E-state index contributed by atoms with van der Waals surface area (Å²) in [5, 5.41) is 4.08. The Bertz CT molecular complexity index is 711. The lowest BCUT2D eigenvalue weighted by atomic mass is 10.1. The quantitative estimate of drug-likeness (QED) is 0.659. The van der Waals surface area contributed by atoms with Crippen molar-refractivity contribution in [3.8, 4) is 11.5 Å². The number of hydrogen-bond acceptors (Lipinski definition) is 4. The van der Waals surface area contributed by atoms with Crippen LogP contribution in [0.5, 0.6) is 11.5 Å². The lowest BCUT2D eigenvalue weighted by Crippen LogP contribution is -2.25. The fourth-order valence-corrected chi connectivity index (χ4v) is 1.95. The van der Waals surface area contributed by atoms with E-state index in [0.29, 0.717) is 11.5 Å². The van der Waals surface area contributed by atoms with Crippen molar-refractivity contribution in [2.45, 2.75) is 13.8 Å². The summed E-state index contributed by atoms with van der Waals surface area (Å²) in [6.45, 7) is 3.70. The van der Waals surface area contributed by atoms with E-state index in [2.05, 4.69) is 10.5 Å². The Hall–Kier alpha value is -2.82. The minimum atomic E-state index is -0.311. The van der Waals surface area contributed by atoms with Gasteiger partial charge in [-0.3, -0.25) is 4.79 Å². The average molecular weight is 312 g/mol. The molecule has 0 atom stereocenters. The molecule has 120 valence electrons. The van der Waals surface area contributed by atoms with E-state index in [1.165, 1.54) is 0 Å². The topological polar surface area (TPSA) is 59.9 Å². The molecule has 2 aromatic carbocycles.